The topological polar surface area (TPSA) is 74.8 Å². The van der Waals surface area contributed by atoms with Crippen molar-refractivity contribution in [2.75, 3.05) is 0 Å². The summed E-state index contributed by atoms with van der Waals surface area (Å²) in [5.41, 5.74) is 0.853. The predicted molar refractivity (Wildman–Crippen MR) is 86.0 cm³/mol. The number of H-pyrrole nitrogens is 1. The SMILES string of the molecule is CC(C)CC(NC(=O)c1c[nH]c(=O)c(Cl)c1)c1cccnc1. The largest absolute Gasteiger partial charge is 0.345 e. The number of nitrogens with one attached hydrogen (secondary N) is 2. The zero-order chi connectivity index (χ0) is 16.1. The summed E-state index contributed by atoms with van der Waals surface area (Å²) in [6.07, 6.45) is 5.58. The first-order valence-electron chi connectivity index (χ1n) is 7.06. The Morgan fingerprint density at radius 2 is 2.23 bits per heavy atom. The molecule has 5 nitrogen and oxygen atoms in total. The molecule has 6 heteroatoms. The number of rotatable bonds is 5. The van der Waals surface area contributed by atoms with Crippen LogP contribution >= 0.6 is 11.6 Å². The fourth-order valence-corrected chi connectivity index (χ4v) is 2.33. The minimum absolute atomic E-state index is 0.00515. The van der Waals surface area contributed by atoms with Crippen molar-refractivity contribution in [1.29, 1.82) is 0 Å². The highest BCUT2D eigenvalue weighted by Crippen LogP contribution is 2.21. The Morgan fingerprint density at radius 3 is 2.82 bits per heavy atom. The molecule has 0 fully saturated rings. The van der Waals surface area contributed by atoms with Gasteiger partial charge in [-0.05, 0) is 30.0 Å². The lowest BCUT2D eigenvalue weighted by Crippen LogP contribution is -2.30. The molecule has 0 aliphatic rings. The molecule has 0 aliphatic carbocycles. The monoisotopic (exact) mass is 319 g/mol. The van der Waals surface area contributed by atoms with Gasteiger partial charge >= 0.3 is 0 Å². The molecule has 0 saturated carbocycles. The molecule has 0 radical (unpaired) electrons. The lowest BCUT2D eigenvalue weighted by Gasteiger charge is -2.20. The van der Waals surface area contributed by atoms with Gasteiger partial charge in [0.2, 0.25) is 0 Å². The number of hydrogen-bond acceptors (Lipinski definition) is 3. The molecule has 1 unspecified atom stereocenters. The van der Waals surface area contributed by atoms with Gasteiger partial charge in [0.15, 0.2) is 0 Å². The molecular weight excluding hydrogens is 302 g/mol. The van der Waals surface area contributed by atoms with E-state index in [2.05, 4.69) is 29.1 Å². The van der Waals surface area contributed by atoms with E-state index in [1.165, 1.54) is 12.3 Å². The van der Waals surface area contributed by atoms with Crippen LogP contribution in [0.15, 0.2) is 41.6 Å². The quantitative estimate of drug-likeness (QED) is 0.889. The first-order valence-corrected chi connectivity index (χ1v) is 7.44. The highest BCUT2D eigenvalue weighted by Gasteiger charge is 2.18. The third-order valence-electron chi connectivity index (χ3n) is 3.22. The minimum atomic E-state index is -0.413. The van der Waals surface area contributed by atoms with E-state index in [4.69, 9.17) is 11.6 Å². The average molecular weight is 320 g/mol. The second-order valence-electron chi connectivity index (χ2n) is 5.51. The maximum Gasteiger partial charge on any atom is 0.266 e. The van der Waals surface area contributed by atoms with Crippen LogP contribution in [0.3, 0.4) is 0 Å². The summed E-state index contributed by atoms with van der Waals surface area (Å²) in [6.45, 7) is 4.18. The number of hydrogen-bond donors (Lipinski definition) is 2. The van der Waals surface area contributed by atoms with Crippen LogP contribution in [-0.2, 0) is 0 Å². The lowest BCUT2D eigenvalue weighted by molar-refractivity contribution is 0.0931. The third kappa shape index (κ3) is 4.18. The summed E-state index contributed by atoms with van der Waals surface area (Å²) in [6, 6.07) is 4.99. The maximum absolute atomic E-state index is 12.4. The van der Waals surface area contributed by atoms with Crippen molar-refractivity contribution in [3.05, 3.63) is 63.3 Å². The fraction of sp³-hybridized carbons (Fsp3) is 0.312. The molecule has 0 aromatic carbocycles. The molecule has 1 atom stereocenters. The van der Waals surface area contributed by atoms with Gasteiger partial charge in [0.25, 0.3) is 11.5 Å². The van der Waals surface area contributed by atoms with E-state index in [1.54, 1.807) is 12.4 Å². The van der Waals surface area contributed by atoms with Crippen LogP contribution in [-0.4, -0.2) is 15.9 Å². The molecule has 0 bridgehead atoms. The Kier molecular flexibility index (Phi) is 5.33. The number of aromatic amines is 1. The van der Waals surface area contributed by atoms with E-state index in [0.29, 0.717) is 11.5 Å². The van der Waals surface area contributed by atoms with Crippen LogP contribution in [0.4, 0.5) is 0 Å². The van der Waals surface area contributed by atoms with E-state index < -0.39 is 5.56 Å². The van der Waals surface area contributed by atoms with Gasteiger partial charge in [0.1, 0.15) is 5.02 Å². The molecule has 2 heterocycles. The summed E-state index contributed by atoms with van der Waals surface area (Å²) < 4.78 is 0. The highest BCUT2D eigenvalue weighted by molar-refractivity contribution is 6.30. The van der Waals surface area contributed by atoms with Crippen molar-refractivity contribution < 1.29 is 4.79 Å². The number of carbonyl (C=O) groups excluding carboxylic acids is 1. The molecule has 0 saturated heterocycles. The van der Waals surface area contributed by atoms with Crippen molar-refractivity contribution in [1.82, 2.24) is 15.3 Å². The first kappa shape index (κ1) is 16.2. The summed E-state index contributed by atoms with van der Waals surface area (Å²) in [7, 11) is 0. The van der Waals surface area contributed by atoms with E-state index in [1.807, 2.05) is 12.1 Å². The number of nitrogens with zero attached hydrogens (tertiary/aromatic N) is 1. The summed E-state index contributed by atoms with van der Waals surface area (Å²) in [4.78, 5) is 30.2. The lowest BCUT2D eigenvalue weighted by atomic mass is 9.98. The van der Waals surface area contributed by atoms with Gasteiger partial charge in [-0.2, -0.15) is 0 Å². The van der Waals surface area contributed by atoms with Gasteiger partial charge in [0, 0.05) is 18.6 Å². The summed E-state index contributed by atoms with van der Waals surface area (Å²) in [5, 5.41) is 2.96. The second-order valence-corrected chi connectivity index (χ2v) is 5.91. The molecule has 0 aliphatic heterocycles. The summed E-state index contributed by atoms with van der Waals surface area (Å²) >= 11 is 5.76. The van der Waals surface area contributed by atoms with E-state index in [0.717, 1.165) is 12.0 Å². The van der Waals surface area contributed by atoms with E-state index >= 15 is 0 Å². The van der Waals surface area contributed by atoms with Crippen molar-refractivity contribution in [3.63, 3.8) is 0 Å². The van der Waals surface area contributed by atoms with Crippen LogP contribution in [0.25, 0.3) is 0 Å². The van der Waals surface area contributed by atoms with Gasteiger partial charge in [-0.1, -0.05) is 31.5 Å². The van der Waals surface area contributed by atoms with Crippen LogP contribution in [0.2, 0.25) is 5.02 Å². The molecular formula is C16H18ClN3O2. The second kappa shape index (κ2) is 7.22. The molecule has 0 spiro atoms. The van der Waals surface area contributed by atoms with E-state index in [-0.39, 0.29) is 17.0 Å². The van der Waals surface area contributed by atoms with Crippen molar-refractivity contribution in [2.24, 2.45) is 5.92 Å². The Morgan fingerprint density at radius 1 is 1.45 bits per heavy atom. The number of pyridine rings is 2. The van der Waals surface area contributed by atoms with Gasteiger partial charge in [0.05, 0.1) is 11.6 Å². The van der Waals surface area contributed by atoms with Gasteiger partial charge in [-0.25, -0.2) is 0 Å². The molecule has 22 heavy (non-hydrogen) atoms. The standard InChI is InChI=1S/C16H18ClN3O2/c1-10(2)6-14(11-4-3-5-18-8-11)20-15(21)12-7-13(17)16(22)19-9-12/h3-5,7-10,14H,6H2,1-2H3,(H,19,22)(H,20,21). The molecule has 2 aromatic rings. The number of aromatic nitrogens is 2. The average Bonchev–Trinajstić information content (AvgIpc) is 2.49. The van der Waals surface area contributed by atoms with Gasteiger partial charge in [-0.15, -0.1) is 0 Å². The highest BCUT2D eigenvalue weighted by atomic mass is 35.5. The zero-order valence-electron chi connectivity index (χ0n) is 12.5. The van der Waals surface area contributed by atoms with Crippen molar-refractivity contribution in [2.45, 2.75) is 26.3 Å². The Balaban J connectivity index is 2.21. The molecule has 1 amide bonds. The van der Waals surface area contributed by atoms with Gasteiger partial charge < -0.3 is 10.3 Å². The van der Waals surface area contributed by atoms with Crippen LogP contribution in [0.5, 0.6) is 0 Å². The van der Waals surface area contributed by atoms with Crippen molar-refractivity contribution in [3.8, 4) is 0 Å². The van der Waals surface area contributed by atoms with Crippen molar-refractivity contribution >= 4 is 17.5 Å². The number of carbonyl (C=O) groups is 1. The maximum atomic E-state index is 12.4. The molecule has 2 N–H and O–H groups in total. The Labute approximate surface area is 133 Å². The Bertz CT molecular complexity index is 698. The molecule has 2 rings (SSSR count). The number of amides is 1. The number of halogens is 1. The zero-order valence-corrected chi connectivity index (χ0v) is 13.2. The van der Waals surface area contributed by atoms with Gasteiger partial charge in [-0.3, -0.25) is 14.6 Å². The predicted octanol–water partition coefficient (Wildman–Crippen LogP) is 2.94. The van der Waals surface area contributed by atoms with Crippen LogP contribution < -0.4 is 10.9 Å². The summed E-state index contributed by atoms with van der Waals surface area (Å²) in [5.74, 6) is 0.123. The fourth-order valence-electron chi connectivity index (χ4n) is 2.16. The normalized spacial score (nSPS) is 12.2. The minimum Gasteiger partial charge on any atom is -0.345 e. The van der Waals surface area contributed by atoms with Crippen LogP contribution in [0.1, 0.15) is 42.2 Å². The smallest absolute Gasteiger partial charge is 0.266 e. The third-order valence-corrected chi connectivity index (χ3v) is 3.50. The Hall–Kier alpha value is -2.14. The van der Waals surface area contributed by atoms with Crippen LogP contribution in [0, 0.1) is 5.92 Å². The first-order chi connectivity index (χ1) is 10.5. The van der Waals surface area contributed by atoms with E-state index in [9.17, 15) is 9.59 Å². The molecule has 116 valence electrons. The molecule has 2 aromatic heterocycles.